The molecule has 0 spiro atoms. The molecular formula is C14H17N3O3S. The average molecular weight is 307 g/mol. The average Bonchev–Trinajstić information content (AvgIpc) is 3.20. The third-order valence-corrected chi connectivity index (χ3v) is 4.93. The van der Waals surface area contributed by atoms with Crippen molar-refractivity contribution in [2.45, 2.75) is 37.1 Å². The number of ether oxygens (including phenoxy) is 2. The molecule has 0 saturated carbocycles. The predicted molar refractivity (Wildman–Crippen MR) is 76.8 cm³/mol. The van der Waals surface area contributed by atoms with Gasteiger partial charge in [0.2, 0.25) is 0 Å². The van der Waals surface area contributed by atoms with E-state index in [1.54, 1.807) is 22.2 Å². The number of hydrogen-bond donors (Lipinski definition) is 2. The number of aliphatic hydroxyl groups excluding tert-OH is 1. The Bertz CT molecular complexity index is 574. The summed E-state index contributed by atoms with van der Waals surface area (Å²) in [5.41, 5.74) is 0. The largest absolute Gasteiger partial charge is 0.389 e. The zero-order valence-electron chi connectivity index (χ0n) is 11.3. The van der Waals surface area contributed by atoms with E-state index in [0.29, 0.717) is 6.61 Å². The van der Waals surface area contributed by atoms with Crippen LogP contribution in [0.25, 0.3) is 0 Å². The molecule has 0 radical (unpaired) electrons. The van der Waals surface area contributed by atoms with Crippen LogP contribution in [0, 0.1) is 0 Å². The lowest BCUT2D eigenvalue weighted by atomic mass is 9.96. The maximum atomic E-state index is 10.7. The SMILES string of the molecule is OC1C(NCc2cccs2)C2COC(O2)C1n1cccn1. The van der Waals surface area contributed by atoms with Crippen molar-refractivity contribution in [1.29, 1.82) is 0 Å². The Hall–Kier alpha value is -1.25. The lowest BCUT2D eigenvalue weighted by Crippen LogP contribution is -2.57. The van der Waals surface area contributed by atoms with Crippen LogP contribution in [-0.4, -0.2) is 46.0 Å². The molecule has 0 aromatic carbocycles. The molecule has 2 bridgehead atoms. The Balaban J connectivity index is 1.53. The van der Waals surface area contributed by atoms with Crippen molar-refractivity contribution in [2.24, 2.45) is 0 Å². The second kappa shape index (κ2) is 5.51. The number of aromatic nitrogens is 2. The summed E-state index contributed by atoms with van der Waals surface area (Å²) in [6, 6.07) is 5.45. The topological polar surface area (TPSA) is 68.5 Å². The molecule has 112 valence electrons. The van der Waals surface area contributed by atoms with Gasteiger partial charge in [-0.15, -0.1) is 11.3 Å². The minimum absolute atomic E-state index is 0.114. The van der Waals surface area contributed by atoms with Crippen LogP contribution in [0.4, 0.5) is 0 Å². The molecule has 2 fully saturated rings. The first-order valence-corrected chi connectivity index (χ1v) is 7.91. The van der Waals surface area contributed by atoms with Gasteiger partial charge in [0.25, 0.3) is 0 Å². The molecule has 2 saturated heterocycles. The van der Waals surface area contributed by atoms with Crippen molar-refractivity contribution < 1.29 is 14.6 Å². The highest BCUT2D eigenvalue weighted by Crippen LogP contribution is 2.35. The van der Waals surface area contributed by atoms with E-state index in [1.807, 2.05) is 23.7 Å². The molecule has 2 aliphatic rings. The minimum Gasteiger partial charge on any atom is -0.389 e. The van der Waals surface area contributed by atoms with Crippen molar-refractivity contribution in [3.8, 4) is 0 Å². The van der Waals surface area contributed by atoms with Crippen LogP contribution in [0.2, 0.25) is 0 Å². The number of rotatable bonds is 4. The summed E-state index contributed by atoms with van der Waals surface area (Å²) in [6.07, 6.45) is 2.38. The Morgan fingerprint density at radius 1 is 1.48 bits per heavy atom. The van der Waals surface area contributed by atoms with E-state index < -0.39 is 12.4 Å². The van der Waals surface area contributed by atoms with Crippen molar-refractivity contribution in [3.63, 3.8) is 0 Å². The fraction of sp³-hybridized carbons (Fsp3) is 0.500. The van der Waals surface area contributed by atoms with Crippen LogP contribution < -0.4 is 5.32 Å². The Labute approximate surface area is 126 Å². The van der Waals surface area contributed by atoms with Crippen LogP contribution in [-0.2, 0) is 16.0 Å². The summed E-state index contributed by atoms with van der Waals surface area (Å²) in [6.45, 7) is 1.22. The number of aliphatic hydroxyl groups is 1. The first kappa shape index (κ1) is 13.4. The van der Waals surface area contributed by atoms with E-state index in [-0.39, 0.29) is 18.2 Å². The zero-order chi connectivity index (χ0) is 14.2. The summed E-state index contributed by atoms with van der Waals surface area (Å²) < 4.78 is 13.3. The van der Waals surface area contributed by atoms with Crippen molar-refractivity contribution in [2.75, 3.05) is 6.61 Å². The van der Waals surface area contributed by atoms with Crippen LogP contribution >= 0.6 is 11.3 Å². The van der Waals surface area contributed by atoms with Crippen LogP contribution in [0.1, 0.15) is 10.9 Å². The fourth-order valence-corrected chi connectivity index (χ4v) is 3.68. The Morgan fingerprint density at radius 3 is 3.19 bits per heavy atom. The zero-order valence-corrected chi connectivity index (χ0v) is 12.1. The van der Waals surface area contributed by atoms with Crippen molar-refractivity contribution in [1.82, 2.24) is 15.1 Å². The van der Waals surface area contributed by atoms with Gasteiger partial charge in [0.05, 0.1) is 18.8 Å². The van der Waals surface area contributed by atoms with Crippen molar-refractivity contribution in [3.05, 3.63) is 40.8 Å². The molecule has 0 amide bonds. The third-order valence-electron chi connectivity index (χ3n) is 4.05. The number of thiophene rings is 1. The highest BCUT2D eigenvalue weighted by atomic mass is 32.1. The number of nitrogens with zero attached hydrogens (tertiary/aromatic N) is 2. The lowest BCUT2D eigenvalue weighted by Gasteiger charge is -2.38. The first-order valence-electron chi connectivity index (χ1n) is 7.03. The third kappa shape index (κ3) is 2.41. The molecule has 7 heteroatoms. The summed E-state index contributed by atoms with van der Waals surface area (Å²) in [7, 11) is 0. The number of nitrogens with one attached hydrogen (secondary N) is 1. The summed E-state index contributed by atoms with van der Waals surface area (Å²) in [4.78, 5) is 1.24. The predicted octanol–water partition coefficient (Wildman–Crippen LogP) is 0.760. The normalized spacial score (nSPS) is 35.2. The molecule has 6 nitrogen and oxygen atoms in total. The first-order chi connectivity index (χ1) is 10.3. The van der Waals surface area contributed by atoms with Gasteiger partial charge < -0.3 is 19.9 Å². The maximum absolute atomic E-state index is 10.7. The smallest absolute Gasteiger partial charge is 0.183 e. The Kier molecular flexibility index (Phi) is 3.52. The van der Waals surface area contributed by atoms with Gasteiger partial charge in [-0.05, 0) is 17.5 Å². The fourth-order valence-electron chi connectivity index (χ4n) is 3.02. The van der Waals surface area contributed by atoms with Gasteiger partial charge in [-0.2, -0.15) is 5.10 Å². The van der Waals surface area contributed by atoms with Gasteiger partial charge in [0.1, 0.15) is 12.1 Å². The van der Waals surface area contributed by atoms with Crippen LogP contribution in [0.3, 0.4) is 0 Å². The highest BCUT2D eigenvalue weighted by molar-refractivity contribution is 7.09. The maximum Gasteiger partial charge on any atom is 0.183 e. The second-order valence-corrected chi connectivity index (χ2v) is 6.36. The summed E-state index contributed by atoms with van der Waals surface area (Å²) in [5.74, 6) is 0. The standard InChI is InChI=1S/C14H17N3O3S/c18-13-11(15-7-9-3-1-6-21-9)10-8-19-14(20-10)12(13)17-5-2-4-16-17/h1-6,10-15,18H,7-8H2. The quantitative estimate of drug-likeness (QED) is 0.873. The van der Waals surface area contributed by atoms with E-state index in [4.69, 9.17) is 9.47 Å². The number of fused-ring (bicyclic) bond motifs is 2. The van der Waals surface area contributed by atoms with E-state index >= 15 is 0 Å². The minimum atomic E-state index is -0.601. The van der Waals surface area contributed by atoms with Gasteiger partial charge in [0.15, 0.2) is 6.29 Å². The van der Waals surface area contributed by atoms with E-state index in [9.17, 15) is 5.11 Å². The molecule has 2 aromatic heterocycles. The van der Waals surface area contributed by atoms with E-state index in [2.05, 4.69) is 16.5 Å². The van der Waals surface area contributed by atoms with E-state index in [0.717, 1.165) is 6.54 Å². The Morgan fingerprint density at radius 2 is 2.43 bits per heavy atom. The van der Waals surface area contributed by atoms with E-state index in [1.165, 1.54) is 4.88 Å². The number of hydrogen-bond acceptors (Lipinski definition) is 6. The van der Waals surface area contributed by atoms with Crippen molar-refractivity contribution >= 4 is 11.3 Å². The summed E-state index contributed by atoms with van der Waals surface area (Å²) in [5, 5.41) is 20.4. The molecule has 0 aliphatic carbocycles. The molecular weight excluding hydrogens is 290 g/mol. The van der Waals surface area contributed by atoms with Gasteiger partial charge in [0, 0.05) is 23.8 Å². The van der Waals surface area contributed by atoms with Gasteiger partial charge in [-0.1, -0.05) is 6.07 Å². The molecule has 5 unspecified atom stereocenters. The molecule has 4 heterocycles. The monoisotopic (exact) mass is 307 g/mol. The van der Waals surface area contributed by atoms with Gasteiger partial charge >= 0.3 is 0 Å². The van der Waals surface area contributed by atoms with Gasteiger partial charge in [-0.25, -0.2) is 0 Å². The van der Waals surface area contributed by atoms with Crippen LogP contribution in [0.5, 0.6) is 0 Å². The molecule has 2 aliphatic heterocycles. The molecule has 2 aromatic rings. The van der Waals surface area contributed by atoms with Crippen LogP contribution in [0.15, 0.2) is 36.0 Å². The molecule has 4 rings (SSSR count). The molecule has 5 atom stereocenters. The highest BCUT2D eigenvalue weighted by Gasteiger charge is 2.51. The lowest BCUT2D eigenvalue weighted by molar-refractivity contribution is -0.168. The second-order valence-electron chi connectivity index (χ2n) is 5.33. The molecule has 21 heavy (non-hydrogen) atoms. The summed E-state index contributed by atoms with van der Waals surface area (Å²) >= 11 is 1.70. The van der Waals surface area contributed by atoms with Gasteiger partial charge in [-0.3, -0.25) is 4.68 Å². The molecule has 2 N–H and O–H groups in total.